The Morgan fingerprint density at radius 1 is 1.23 bits per heavy atom. The molecule has 1 amide bonds. The van der Waals surface area contributed by atoms with E-state index in [4.69, 9.17) is 0 Å². The maximum atomic E-state index is 13.2. The molecule has 0 radical (unpaired) electrons. The summed E-state index contributed by atoms with van der Waals surface area (Å²) >= 11 is 0. The van der Waals surface area contributed by atoms with E-state index >= 15 is 0 Å². The topological polar surface area (TPSA) is 96.6 Å². The first-order chi connectivity index (χ1) is 12.2. The minimum atomic E-state index is -1.74. The highest BCUT2D eigenvalue weighted by Crippen LogP contribution is 2.23. The van der Waals surface area contributed by atoms with Gasteiger partial charge >= 0.3 is 5.97 Å². The average molecular weight is 356 g/mol. The quantitative estimate of drug-likeness (QED) is 0.747. The molecule has 2 N–H and O–H groups in total. The highest BCUT2D eigenvalue weighted by molar-refractivity contribution is 6.02. The van der Waals surface area contributed by atoms with Gasteiger partial charge in [0.2, 0.25) is 0 Å². The average Bonchev–Trinajstić information content (AvgIpc) is 2.99. The van der Waals surface area contributed by atoms with Crippen LogP contribution < -0.4 is 5.32 Å². The maximum absolute atomic E-state index is 13.2. The molecular weight excluding hydrogens is 339 g/mol. The van der Waals surface area contributed by atoms with Gasteiger partial charge in [-0.3, -0.25) is 4.79 Å². The highest BCUT2D eigenvalue weighted by atomic mass is 19.1. The van der Waals surface area contributed by atoms with Crippen molar-refractivity contribution in [3.05, 3.63) is 64.9 Å². The standard InChI is InChI=1S/C18H17FN4O3/c1-10-8-11(2)23-15(21-10)14(9-20-23)16(24)22-18(3,17(25)26)12-4-6-13(19)7-5-12/h4-9H,1-3H3,(H,22,24)(H,25,26). The lowest BCUT2D eigenvalue weighted by Crippen LogP contribution is -2.49. The zero-order valence-electron chi connectivity index (χ0n) is 14.4. The second kappa shape index (κ2) is 6.21. The SMILES string of the molecule is Cc1cc(C)n2ncc(C(=O)NC(C)(C(=O)O)c3ccc(F)cc3)c2n1. The predicted molar refractivity (Wildman–Crippen MR) is 91.3 cm³/mol. The Labute approximate surface area is 148 Å². The molecule has 26 heavy (non-hydrogen) atoms. The molecule has 1 unspecified atom stereocenters. The van der Waals surface area contributed by atoms with E-state index in [1.165, 1.54) is 29.8 Å². The fraction of sp³-hybridized carbons (Fsp3) is 0.222. The van der Waals surface area contributed by atoms with Crippen molar-refractivity contribution in [2.75, 3.05) is 0 Å². The normalized spacial score (nSPS) is 13.4. The molecule has 3 rings (SSSR count). The molecule has 0 spiro atoms. The van der Waals surface area contributed by atoms with Crippen molar-refractivity contribution in [2.24, 2.45) is 0 Å². The summed E-state index contributed by atoms with van der Waals surface area (Å²) in [5.41, 5.74) is 0.516. The molecule has 0 aliphatic carbocycles. The molecule has 1 aromatic carbocycles. The molecule has 8 heteroatoms. The first-order valence-electron chi connectivity index (χ1n) is 7.86. The molecule has 1 atom stereocenters. The van der Waals surface area contributed by atoms with E-state index in [1.807, 2.05) is 13.0 Å². The van der Waals surface area contributed by atoms with Crippen molar-refractivity contribution >= 4 is 17.5 Å². The van der Waals surface area contributed by atoms with Crippen molar-refractivity contribution in [3.8, 4) is 0 Å². The highest BCUT2D eigenvalue weighted by Gasteiger charge is 2.37. The fourth-order valence-electron chi connectivity index (χ4n) is 2.76. The Bertz CT molecular complexity index is 1010. The van der Waals surface area contributed by atoms with Gasteiger partial charge in [0.15, 0.2) is 11.2 Å². The minimum absolute atomic E-state index is 0.159. The lowest BCUT2D eigenvalue weighted by Gasteiger charge is -2.26. The van der Waals surface area contributed by atoms with Gasteiger partial charge in [-0.25, -0.2) is 18.7 Å². The minimum Gasteiger partial charge on any atom is -0.479 e. The van der Waals surface area contributed by atoms with E-state index in [1.54, 1.807) is 6.92 Å². The van der Waals surface area contributed by atoms with Crippen molar-refractivity contribution < 1.29 is 19.1 Å². The van der Waals surface area contributed by atoms with Crippen LogP contribution in [-0.2, 0) is 10.3 Å². The van der Waals surface area contributed by atoms with E-state index in [0.29, 0.717) is 11.3 Å². The Balaban J connectivity index is 2.02. The number of carbonyl (C=O) groups excluding carboxylic acids is 1. The fourth-order valence-corrected chi connectivity index (χ4v) is 2.76. The summed E-state index contributed by atoms with van der Waals surface area (Å²) in [5.74, 6) is -2.40. The molecule has 3 aromatic rings. The maximum Gasteiger partial charge on any atom is 0.333 e. The van der Waals surface area contributed by atoms with E-state index in [-0.39, 0.29) is 11.1 Å². The zero-order chi connectivity index (χ0) is 19.1. The second-order valence-electron chi connectivity index (χ2n) is 6.22. The number of carbonyl (C=O) groups is 2. The van der Waals surface area contributed by atoms with Crippen LogP contribution in [0.25, 0.3) is 5.65 Å². The first-order valence-corrected chi connectivity index (χ1v) is 7.86. The van der Waals surface area contributed by atoms with Gasteiger partial charge in [0.05, 0.1) is 6.20 Å². The predicted octanol–water partition coefficient (Wildman–Crippen LogP) is 2.22. The summed E-state index contributed by atoms with van der Waals surface area (Å²) in [4.78, 5) is 28.9. The van der Waals surface area contributed by atoms with Gasteiger partial charge in [-0.1, -0.05) is 12.1 Å². The van der Waals surface area contributed by atoms with Crippen LogP contribution in [0.2, 0.25) is 0 Å². The molecule has 7 nitrogen and oxygen atoms in total. The summed E-state index contributed by atoms with van der Waals surface area (Å²) in [6, 6.07) is 6.76. The Hall–Kier alpha value is -3.29. The molecule has 0 fully saturated rings. The van der Waals surface area contributed by atoms with E-state index in [9.17, 15) is 19.1 Å². The summed E-state index contributed by atoms with van der Waals surface area (Å²) in [6.07, 6.45) is 1.34. The summed E-state index contributed by atoms with van der Waals surface area (Å²) in [6.45, 7) is 4.97. The van der Waals surface area contributed by atoms with E-state index in [0.717, 1.165) is 17.8 Å². The largest absolute Gasteiger partial charge is 0.479 e. The number of carboxylic acid groups (broad SMARTS) is 1. The number of fused-ring (bicyclic) bond motifs is 1. The number of rotatable bonds is 4. The van der Waals surface area contributed by atoms with Crippen LogP contribution in [0.15, 0.2) is 36.5 Å². The van der Waals surface area contributed by atoms with Crippen molar-refractivity contribution in [2.45, 2.75) is 26.3 Å². The molecule has 2 aromatic heterocycles. The van der Waals surface area contributed by atoms with Crippen LogP contribution in [0.5, 0.6) is 0 Å². The molecule has 134 valence electrons. The third-order valence-corrected chi connectivity index (χ3v) is 4.24. The van der Waals surface area contributed by atoms with Crippen LogP contribution in [0.3, 0.4) is 0 Å². The molecule has 0 saturated heterocycles. The number of aliphatic carboxylic acids is 1. The Morgan fingerprint density at radius 2 is 1.88 bits per heavy atom. The van der Waals surface area contributed by atoms with E-state index in [2.05, 4.69) is 15.4 Å². The van der Waals surface area contributed by atoms with Crippen LogP contribution in [-0.4, -0.2) is 31.6 Å². The summed E-state index contributed by atoms with van der Waals surface area (Å²) < 4.78 is 14.7. The number of nitrogens with zero attached hydrogens (tertiary/aromatic N) is 3. The van der Waals surface area contributed by atoms with Crippen molar-refractivity contribution in [3.63, 3.8) is 0 Å². The number of amides is 1. The van der Waals surface area contributed by atoms with Gasteiger partial charge in [-0.05, 0) is 44.5 Å². The second-order valence-corrected chi connectivity index (χ2v) is 6.22. The van der Waals surface area contributed by atoms with Gasteiger partial charge < -0.3 is 10.4 Å². The Morgan fingerprint density at radius 3 is 2.50 bits per heavy atom. The molecule has 0 aliphatic heterocycles. The number of halogens is 1. The first kappa shape index (κ1) is 17.5. The van der Waals surface area contributed by atoms with Gasteiger partial charge in [0, 0.05) is 11.4 Å². The molecule has 0 aliphatic rings. The number of benzene rings is 1. The smallest absolute Gasteiger partial charge is 0.333 e. The van der Waals surface area contributed by atoms with Gasteiger partial charge in [0.25, 0.3) is 5.91 Å². The molecule has 0 saturated carbocycles. The third kappa shape index (κ3) is 2.90. The van der Waals surface area contributed by atoms with Crippen molar-refractivity contribution in [1.29, 1.82) is 0 Å². The van der Waals surface area contributed by atoms with Crippen LogP contribution in [0.4, 0.5) is 4.39 Å². The lowest BCUT2D eigenvalue weighted by molar-refractivity contribution is -0.144. The number of aryl methyl sites for hydroxylation is 2. The third-order valence-electron chi connectivity index (χ3n) is 4.24. The number of aromatic nitrogens is 3. The monoisotopic (exact) mass is 356 g/mol. The van der Waals surface area contributed by atoms with Crippen LogP contribution >= 0.6 is 0 Å². The van der Waals surface area contributed by atoms with Gasteiger partial charge in [-0.15, -0.1) is 0 Å². The van der Waals surface area contributed by atoms with Gasteiger partial charge in [0.1, 0.15) is 11.4 Å². The number of hydrogen-bond acceptors (Lipinski definition) is 4. The lowest BCUT2D eigenvalue weighted by atomic mass is 9.91. The summed E-state index contributed by atoms with van der Waals surface area (Å²) in [5, 5.41) is 16.3. The van der Waals surface area contributed by atoms with Gasteiger partial charge in [-0.2, -0.15) is 5.10 Å². The zero-order valence-corrected chi connectivity index (χ0v) is 14.4. The van der Waals surface area contributed by atoms with Crippen LogP contribution in [0.1, 0.15) is 34.2 Å². The number of nitrogens with one attached hydrogen (secondary N) is 1. The molecule has 2 heterocycles. The summed E-state index contributed by atoms with van der Waals surface area (Å²) in [7, 11) is 0. The van der Waals surface area contributed by atoms with Crippen molar-refractivity contribution in [1.82, 2.24) is 19.9 Å². The number of hydrogen-bond donors (Lipinski definition) is 2. The number of carboxylic acids is 1. The Kier molecular flexibility index (Phi) is 4.19. The molecule has 0 bridgehead atoms. The van der Waals surface area contributed by atoms with Crippen LogP contribution in [0, 0.1) is 19.7 Å². The van der Waals surface area contributed by atoms with E-state index < -0.39 is 23.2 Å². The molecular formula is C18H17FN4O3.